The highest BCUT2D eigenvalue weighted by Gasteiger charge is 2.14. The molecule has 122 valence electrons. The molecule has 5 nitrogen and oxygen atoms in total. The number of nitrogens with one attached hydrogen (secondary N) is 2. The Bertz CT molecular complexity index is 795. The second kappa shape index (κ2) is 7.54. The number of benzene rings is 2. The lowest BCUT2D eigenvalue weighted by Gasteiger charge is -2.08. The predicted octanol–water partition coefficient (Wildman–Crippen LogP) is 2.79. The molecule has 0 saturated carbocycles. The standard InChI is InChI=1S/C15H14ClFN2O3S/c16-11-2-1-3-14(10-11)23(21,22)18-9-8-15(20)19-13-6-4-12(17)5-7-13/h1-7,10,18H,8-9H2,(H,19,20). The molecular weight excluding hydrogens is 343 g/mol. The van der Waals surface area contributed by atoms with Gasteiger partial charge >= 0.3 is 0 Å². The summed E-state index contributed by atoms with van der Waals surface area (Å²) in [7, 11) is -3.72. The van der Waals surface area contributed by atoms with Crippen LogP contribution >= 0.6 is 11.6 Å². The minimum Gasteiger partial charge on any atom is -0.326 e. The van der Waals surface area contributed by atoms with Crippen molar-refractivity contribution in [2.75, 3.05) is 11.9 Å². The van der Waals surface area contributed by atoms with Crippen molar-refractivity contribution < 1.29 is 17.6 Å². The summed E-state index contributed by atoms with van der Waals surface area (Å²) >= 11 is 5.75. The van der Waals surface area contributed by atoms with Crippen LogP contribution in [0.25, 0.3) is 0 Å². The Balaban J connectivity index is 1.86. The molecule has 0 spiro atoms. The molecule has 1 amide bonds. The van der Waals surface area contributed by atoms with E-state index >= 15 is 0 Å². The quantitative estimate of drug-likeness (QED) is 0.835. The fourth-order valence-electron chi connectivity index (χ4n) is 1.77. The molecule has 0 atom stereocenters. The van der Waals surface area contributed by atoms with Crippen LogP contribution in [0.5, 0.6) is 0 Å². The molecule has 2 N–H and O–H groups in total. The van der Waals surface area contributed by atoms with Gasteiger partial charge in [-0.25, -0.2) is 17.5 Å². The topological polar surface area (TPSA) is 75.3 Å². The number of sulfonamides is 1. The number of anilines is 1. The first kappa shape index (κ1) is 17.4. The van der Waals surface area contributed by atoms with Crippen LogP contribution in [0.1, 0.15) is 6.42 Å². The molecule has 0 aromatic heterocycles. The van der Waals surface area contributed by atoms with Crippen molar-refractivity contribution in [3.63, 3.8) is 0 Å². The Morgan fingerprint density at radius 1 is 1.13 bits per heavy atom. The lowest BCUT2D eigenvalue weighted by atomic mass is 10.3. The third-order valence-corrected chi connectivity index (χ3v) is 4.57. The molecule has 8 heteroatoms. The second-order valence-electron chi connectivity index (χ2n) is 4.66. The minimum atomic E-state index is -3.72. The molecule has 0 aliphatic carbocycles. The normalized spacial score (nSPS) is 11.2. The summed E-state index contributed by atoms with van der Waals surface area (Å²) in [6.45, 7) is -0.0676. The maximum Gasteiger partial charge on any atom is 0.240 e. The van der Waals surface area contributed by atoms with Gasteiger partial charge in [0.1, 0.15) is 5.82 Å². The van der Waals surface area contributed by atoms with E-state index in [0.29, 0.717) is 10.7 Å². The summed E-state index contributed by atoms with van der Waals surface area (Å²) in [4.78, 5) is 11.7. The lowest BCUT2D eigenvalue weighted by molar-refractivity contribution is -0.116. The number of halogens is 2. The second-order valence-corrected chi connectivity index (χ2v) is 6.86. The fraction of sp³-hybridized carbons (Fsp3) is 0.133. The van der Waals surface area contributed by atoms with Gasteiger partial charge in [0.2, 0.25) is 15.9 Å². The van der Waals surface area contributed by atoms with Crippen molar-refractivity contribution in [2.24, 2.45) is 0 Å². The molecule has 0 unspecified atom stereocenters. The van der Waals surface area contributed by atoms with Gasteiger partial charge in [-0.1, -0.05) is 17.7 Å². The van der Waals surface area contributed by atoms with E-state index in [1.54, 1.807) is 6.07 Å². The summed E-state index contributed by atoms with van der Waals surface area (Å²) < 4.78 is 39.1. The molecule has 0 heterocycles. The first-order chi connectivity index (χ1) is 10.9. The van der Waals surface area contributed by atoms with E-state index in [1.807, 2.05) is 0 Å². The zero-order chi connectivity index (χ0) is 16.9. The third kappa shape index (κ3) is 5.31. The van der Waals surface area contributed by atoms with E-state index in [9.17, 15) is 17.6 Å². The number of rotatable bonds is 6. The van der Waals surface area contributed by atoms with E-state index in [0.717, 1.165) is 0 Å². The van der Waals surface area contributed by atoms with Gasteiger partial charge in [-0.2, -0.15) is 0 Å². The smallest absolute Gasteiger partial charge is 0.240 e. The molecule has 2 rings (SSSR count). The number of carbonyl (C=O) groups excluding carboxylic acids is 1. The third-order valence-electron chi connectivity index (χ3n) is 2.88. The van der Waals surface area contributed by atoms with Gasteiger partial charge in [0, 0.05) is 23.7 Å². The van der Waals surface area contributed by atoms with Gasteiger partial charge in [0.15, 0.2) is 0 Å². The zero-order valence-corrected chi connectivity index (χ0v) is 13.5. The van der Waals surface area contributed by atoms with Crippen LogP contribution in [0.3, 0.4) is 0 Å². The Labute approximate surface area is 138 Å². The average molecular weight is 357 g/mol. The summed E-state index contributed by atoms with van der Waals surface area (Å²) in [5.74, 6) is -0.789. The van der Waals surface area contributed by atoms with Crippen molar-refractivity contribution in [1.82, 2.24) is 4.72 Å². The summed E-state index contributed by atoms with van der Waals surface area (Å²) in [6.07, 6.45) is -0.0584. The van der Waals surface area contributed by atoms with Crippen molar-refractivity contribution in [3.05, 3.63) is 59.4 Å². The van der Waals surface area contributed by atoms with E-state index in [4.69, 9.17) is 11.6 Å². The zero-order valence-electron chi connectivity index (χ0n) is 11.9. The van der Waals surface area contributed by atoms with Gasteiger partial charge in [-0.15, -0.1) is 0 Å². The molecule has 2 aromatic rings. The van der Waals surface area contributed by atoms with Crippen LogP contribution in [-0.2, 0) is 14.8 Å². The Morgan fingerprint density at radius 2 is 1.83 bits per heavy atom. The minimum absolute atomic E-state index is 0.0314. The fourth-order valence-corrected chi connectivity index (χ4v) is 3.11. The maximum atomic E-state index is 12.7. The molecule has 0 saturated heterocycles. The van der Waals surface area contributed by atoms with Crippen LogP contribution in [0.4, 0.5) is 10.1 Å². The van der Waals surface area contributed by atoms with Crippen LogP contribution in [-0.4, -0.2) is 20.9 Å². The number of carbonyl (C=O) groups is 1. The Morgan fingerprint density at radius 3 is 2.48 bits per heavy atom. The van der Waals surface area contributed by atoms with Gasteiger partial charge in [0.25, 0.3) is 0 Å². The van der Waals surface area contributed by atoms with Crippen LogP contribution < -0.4 is 10.0 Å². The molecular formula is C15H14ClFN2O3S. The van der Waals surface area contributed by atoms with Crippen LogP contribution in [0.15, 0.2) is 53.4 Å². The van der Waals surface area contributed by atoms with E-state index in [2.05, 4.69) is 10.0 Å². The highest BCUT2D eigenvalue weighted by Crippen LogP contribution is 2.15. The van der Waals surface area contributed by atoms with E-state index < -0.39 is 15.8 Å². The first-order valence-corrected chi connectivity index (χ1v) is 8.53. The highest BCUT2D eigenvalue weighted by atomic mass is 35.5. The number of amides is 1. The van der Waals surface area contributed by atoms with Crippen molar-refractivity contribution in [3.8, 4) is 0 Å². The molecule has 0 aliphatic heterocycles. The molecule has 0 fully saturated rings. The molecule has 0 radical (unpaired) electrons. The van der Waals surface area contributed by atoms with Crippen molar-refractivity contribution in [2.45, 2.75) is 11.3 Å². The molecule has 0 bridgehead atoms. The first-order valence-electron chi connectivity index (χ1n) is 6.67. The van der Waals surface area contributed by atoms with Crippen LogP contribution in [0, 0.1) is 5.82 Å². The maximum absolute atomic E-state index is 12.7. The average Bonchev–Trinajstić information content (AvgIpc) is 2.49. The lowest BCUT2D eigenvalue weighted by Crippen LogP contribution is -2.27. The van der Waals surface area contributed by atoms with Gasteiger partial charge in [-0.3, -0.25) is 4.79 Å². The van der Waals surface area contributed by atoms with E-state index in [1.165, 1.54) is 42.5 Å². The van der Waals surface area contributed by atoms with Crippen molar-refractivity contribution >= 4 is 33.2 Å². The summed E-state index contributed by atoms with van der Waals surface area (Å²) in [5.41, 5.74) is 0.439. The van der Waals surface area contributed by atoms with Crippen molar-refractivity contribution in [1.29, 1.82) is 0 Å². The van der Waals surface area contributed by atoms with Crippen LogP contribution in [0.2, 0.25) is 5.02 Å². The predicted molar refractivity (Wildman–Crippen MR) is 86.3 cm³/mol. The van der Waals surface area contributed by atoms with Gasteiger partial charge in [-0.05, 0) is 42.5 Å². The molecule has 23 heavy (non-hydrogen) atoms. The number of hydrogen-bond donors (Lipinski definition) is 2. The number of hydrogen-bond acceptors (Lipinski definition) is 3. The Kier molecular flexibility index (Phi) is 5.70. The monoisotopic (exact) mass is 356 g/mol. The largest absolute Gasteiger partial charge is 0.326 e. The summed E-state index contributed by atoms with van der Waals surface area (Å²) in [5, 5.41) is 2.85. The highest BCUT2D eigenvalue weighted by molar-refractivity contribution is 7.89. The molecule has 0 aliphatic rings. The molecule has 2 aromatic carbocycles. The Hall–Kier alpha value is -1.96. The summed E-state index contributed by atoms with van der Waals surface area (Å²) in [6, 6.07) is 11.1. The SMILES string of the molecule is O=C(CCNS(=O)(=O)c1cccc(Cl)c1)Nc1ccc(F)cc1. The van der Waals surface area contributed by atoms with E-state index in [-0.39, 0.29) is 23.8 Å². The van der Waals surface area contributed by atoms with Gasteiger partial charge < -0.3 is 5.32 Å². The van der Waals surface area contributed by atoms with Gasteiger partial charge in [0.05, 0.1) is 4.90 Å².